The molecule has 0 aliphatic carbocycles. The number of nitrogens with two attached hydrogens (primary N) is 1. The van der Waals surface area contributed by atoms with Crippen molar-refractivity contribution in [2.75, 3.05) is 37.6 Å². The Labute approximate surface area is 150 Å². The van der Waals surface area contributed by atoms with Crippen LogP contribution >= 0.6 is 0 Å². The summed E-state index contributed by atoms with van der Waals surface area (Å²) in [5.74, 6) is -0.0947. The summed E-state index contributed by atoms with van der Waals surface area (Å²) >= 11 is 0. The molecule has 1 atom stereocenters. The van der Waals surface area contributed by atoms with Crippen LogP contribution in [0.5, 0.6) is 0 Å². The maximum atomic E-state index is 12.9. The maximum absolute atomic E-state index is 12.9. The molecule has 1 aliphatic heterocycles. The number of rotatable bonds is 4. The molecule has 1 fully saturated rings. The van der Waals surface area contributed by atoms with Crippen LogP contribution in [0.1, 0.15) is 22.6 Å². The van der Waals surface area contributed by atoms with Crippen molar-refractivity contribution < 1.29 is 4.79 Å². The molecule has 0 spiro atoms. The average molecular weight is 337 g/mol. The van der Waals surface area contributed by atoms with Gasteiger partial charge in [-0.05, 0) is 36.6 Å². The van der Waals surface area contributed by atoms with Gasteiger partial charge in [0.2, 0.25) is 5.91 Å². The molecule has 0 bridgehead atoms. The van der Waals surface area contributed by atoms with Crippen LogP contribution in [0.3, 0.4) is 0 Å². The molecule has 2 N–H and O–H groups in total. The fraction of sp³-hybridized carbons (Fsp3) is 0.381. The molecule has 1 unspecified atom stereocenters. The molecule has 25 heavy (non-hydrogen) atoms. The van der Waals surface area contributed by atoms with E-state index in [1.165, 1.54) is 16.8 Å². The van der Waals surface area contributed by atoms with Crippen LogP contribution in [-0.2, 0) is 4.79 Å². The Morgan fingerprint density at radius 1 is 1.00 bits per heavy atom. The number of hydrogen-bond acceptors (Lipinski definition) is 3. The van der Waals surface area contributed by atoms with E-state index < -0.39 is 0 Å². The van der Waals surface area contributed by atoms with Gasteiger partial charge in [0.1, 0.15) is 0 Å². The second-order valence-corrected chi connectivity index (χ2v) is 6.73. The molecule has 0 aromatic heterocycles. The Balaban J connectivity index is 1.67. The molecule has 2 aromatic rings. The molecule has 0 radical (unpaired) electrons. The van der Waals surface area contributed by atoms with Crippen molar-refractivity contribution in [3.05, 3.63) is 65.2 Å². The third-order valence-corrected chi connectivity index (χ3v) is 5.24. The smallest absolute Gasteiger partial charge is 0.231 e. The monoisotopic (exact) mass is 337 g/mol. The summed E-state index contributed by atoms with van der Waals surface area (Å²) in [6.45, 7) is 7.88. The average Bonchev–Trinajstić information content (AvgIpc) is 2.65. The van der Waals surface area contributed by atoms with Crippen molar-refractivity contribution in [1.29, 1.82) is 0 Å². The Morgan fingerprint density at radius 2 is 1.68 bits per heavy atom. The highest BCUT2D eigenvalue weighted by molar-refractivity contribution is 5.84. The number of carbonyl (C=O) groups excluding carboxylic acids is 1. The summed E-state index contributed by atoms with van der Waals surface area (Å²) in [6, 6.07) is 16.3. The summed E-state index contributed by atoms with van der Waals surface area (Å²) in [4.78, 5) is 17.3. The first-order valence-electron chi connectivity index (χ1n) is 8.96. The van der Waals surface area contributed by atoms with E-state index in [2.05, 4.69) is 36.9 Å². The molecular weight excluding hydrogens is 310 g/mol. The van der Waals surface area contributed by atoms with Crippen LogP contribution in [0, 0.1) is 13.8 Å². The first-order chi connectivity index (χ1) is 12.1. The first-order valence-corrected chi connectivity index (χ1v) is 8.96. The van der Waals surface area contributed by atoms with Crippen LogP contribution in [0.25, 0.3) is 0 Å². The molecule has 2 aromatic carbocycles. The van der Waals surface area contributed by atoms with E-state index in [1.54, 1.807) is 0 Å². The van der Waals surface area contributed by atoms with E-state index in [1.807, 2.05) is 35.2 Å². The van der Waals surface area contributed by atoms with Gasteiger partial charge in [-0.15, -0.1) is 0 Å². The Hall–Kier alpha value is -2.33. The van der Waals surface area contributed by atoms with E-state index in [0.29, 0.717) is 6.54 Å². The number of benzene rings is 2. The van der Waals surface area contributed by atoms with Crippen LogP contribution in [0.15, 0.2) is 48.5 Å². The van der Waals surface area contributed by atoms with Gasteiger partial charge >= 0.3 is 0 Å². The quantitative estimate of drug-likeness (QED) is 0.933. The number of anilines is 1. The topological polar surface area (TPSA) is 49.6 Å². The molecule has 132 valence electrons. The van der Waals surface area contributed by atoms with Gasteiger partial charge in [0.15, 0.2) is 0 Å². The minimum Gasteiger partial charge on any atom is -0.368 e. The van der Waals surface area contributed by atoms with Gasteiger partial charge in [0.05, 0.1) is 5.92 Å². The molecule has 1 amide bonds. The fourth-order valence-corrected chi connectivity index (χ4v) is 3.53. The Morgan fingerprint density at radius 3 is 2.32 bits per heavy atom. The van der Waals surface area contributed by atoms with Crippen molar-refractivity contribution in [1.82, 2.24) is 4.90 Å². The lowest BCUT2D eigenvalue weighted by Crippen LogP contribution is -2.51. The highest BCUT2D eigenvalue weighted by Crippen LogP contribution is 2.25. The summed E-state index contributed by atoms with van der Waals surface area (Å²) < 4.78 is 0. The van der Waals surface area contributed by atoms with E-state index in [4.69, 9.17) is 5.73 Å². The van der Waals surface area contributed by atoms with Crippen LogP contribution in [0.2, 0.25) is 0 Å². The largest absolute Gasteiger partial charge is 0.368 e. The van der Waals surface area contributed by atoms with Crippen molar-refractivity contribution in [3.8, 4) is 0 Å². The number of aryl methyl sites for hydroxylation is 1. The van der Waals surface area contributed by atoms with Crippen LogP contribution in [-0.4, -0.2) is 43.5 Å². The van der Waals surface area contributed by atoms with Gasteiger partial charge in [-0.25, -0.2) is 0 Å². The molecular formula is C21H27N3O. The van der Waals surface area contributed by atoms with E-state index in [-0.39, 0.29) is 11.8 Å². The van der Waals surface area contributed by atoms with E-state index >= 15 is 0 Å². The predicted octanol–water partition coefficient (Wildman–Crippen LogP) is 2.69. The van der Waals surface area contributed by atoms with Gasteiger partial charge in [0.25, 0.3) is 0 Å². The summed E-state index contributed by atoms with van der Waals surface area (Å²) in [7, 11) is 0. The minimum atomic E-state index is -0.242. The summed E-state index contributed by atoms with van der Waals surface area (Å²) in [5.41, 5.74) is 10.8. The molecule has 4 nitrogen and oxygen atoms in total. The van der Waals surface area contributed by atoms with Crippen molar-refractivity contribution in [2.24, 2.45) is 5.73 Å². The zero-order valence-electron chi connectivity index (χ0n) is 15.1. The number of carbonyl (C=O) groups is 1. The number of hydrogen-bond donors (Lipinski definition) is 1. The fourth-order valence-electron chi connectivity index (χ4n) is 3.53. The highest BCUT2D eigenvalue weighted by Gasteiger charge is 2.28. The zero-order valence-corrected chi connectivity index (χ0v) is 15.1. The van der Waals surface area contributed by atoms with Gasteiger partial charge in [-0.1, -0.05) is 42.5 Å². The normalized spacial score (nSPS) is 16.0. The molecule has 0 saturated carbocycles. The van der Waals surface area contributed by atoms with E-state index in [0.717, 1.165) is 31.7 Å². The maximum Gasteiger partial charge on any atom is 0.231 e. The van der Waals surface area contributed by atoms with Crippen LogP contribution in [0.4, 0.5) is 5.69 Å². The molecule has 4 heteroatoms. The lowest BCUT2D eigenvalue weighted by Gasteiger charge is -2.38. The number of nitrogens with zero attached hydrogens (tertiary/aromatic N) is 2. The zero-order chi connectivity index (χ0) is 17.8. The second kappa shape index (κ2) is 7.70. The Bertz CT molecular complexity index is 721. The lowest BCUT2D eigenvalue weighted by molar-refractivity contribution is -0.132. The van der Waals surface area contributed by atoms with Gasteiger partial charge in [-0.3, -0.25) is 4.79 Å². The van der Waals surface area contributed by atoms with Crippen molar-refractivity contribution >= 4 is 11.6 Å². The lowest BCUT2D eigenvalue weighted by atomic mass is 9.97. The molecule has 1 heterocycles. The van der Waals surface area contributed by atoms with Gasteiger partial charge in [-0.2, -0.15) is 0 Å². The number of amides is 1. The third-order valence-electron chi connectivity index (χ3n) is 5.24. The highest BCUT2D eigenvalue weighted by atomic mass is 16.2. The first kappa shape index (κ1) is 17.5. The van der Waals surface area contributed by atoms with Gasteiger partial charge < -0.3 is 15.5 Å². The summed E-state index contributed by atoms with van der Waals surface area (Å²) in [5, 5.41) is 0. The van der Waals surface area contributed by atoms with E-state index in [9.17, 15) is 4.79 Å². The minimum absolute atomic E-state index is 0.148. The SMILES string of the molecule is Cc1cccc(N2CCN(C(=O)C(CN)c3ccccc3)CC2)c1C. The second-order valence-electron chi connectivity index (χ2n) is 6.73. The van der Waals surface area contributed by atoms with Crippen LogP contribution < -0.4 is 10.6 Å². The van der Waals surface area contributed by atoms with Crippen molar-refractivity contribution in [2.45, 2.75) is 19.8 Å². The Kier molecular flexibility index (Phi) is 5.39. The molecule has 1 aliphatic rings. The number of piperazine rings is 1. The van der Waals surface area contributed by atoms with Gasteiger partial charge in [0, 0.05) is 38.4 Å². The standard InChI is InChI=1S/C21H27N3O/c1-16-7-6-10-20(17(16)2)23-11-13-24(14-12-23)21(25)19(15-22)18-8-4-3-5-9-18/h3-10,19H,11-15,22H2,1-2H3. The molecule has 1 saturated heterocycles. The van der Waals surface area contributed by atoms with Crippen molar-refractivity contribution in [3.63, 3.8) is 0 Å². The third kappa shape index (κ3) is 3.69. The predicted molar refractivity (Wildman–Crippen MR) is 103 cm³/mol. The summed E-state index contributed by atoms with van der Waals surface area (Å²) in [6.07, 6.45) is 0. The molecule has 3 rings (SSSR count).